The van der Waals surface area contributed by atoms with Crippen LogP contribution in [0, 0.1) is 14.1 Å². The fourth-order valence-electron chi connectivity index (χ4n) is 3.84. The first-order chi connectivity index (χ1) is 17.3. The SMILES string of the molecule is Cc1cccc(COc2c(I)cc(/C=C3\C(=O)NC(=O)N(c4ccc5c(c4)OCO5)C3=O)cc2I)c1. The average molecular weight is 708 g/mol. The number of anilines is 1. The van der Waals surface area contributed by atoms with Gasteiger partial charge in [0.2, 0.25) is 6.79 Å². The highest BCUT2D eigenvalue weighted by Crippen LogP contribution is 2.37. The number of carbonyl (C=O) groups excluding carboxylic acids is 3. The lowest BCUT2D eigenvalue weighted by molar-refractivity contribution is -0.122. The predicted octanol–water partition coefficient (Wildman–Crippen LogP) is 5.18. The summed E-state index contributed by atoms with van der Waals surface area (Å²) in [6.07, 6.45) is 1.47. The summed E-state index contributed by atoms with van der Waals surface area (Å²) >= 11 is 4.33. The van der Waals surface area contributed by atoms with Crippen molar-refractivity contribution >= 4 is 74.8 Å². The number of fused-ring (bicyclic) bond motifs is 1. The van der Waals surface area contributed by atoms with E-state index in [9.17, 15) is 14.4 Å². The Balaban J connectivity index is 1.41. The molecule has 2 heterocycles. The van der Waals surface area contributed by atoms with E-state index < -0.39 is 17.8 Å². The standard InChI is InChI=1S/C26H18I2N2O6/c1-14-3-2-4-15(7-14)12-34-23-19(27)9-16(10-20(23)28)8-18-24(31)29-26(33)30(25(18)32)17-5-6-21-22(11-17)36-13-35-21/h2-11H,12-13H2,1H3,(H,29,31,33)/b18-8+. The van der Waals surface area contributed by atoms with Gasteiger partial charge in [-0.15, -0.1) is 0 Å². The molecule has 2 aliphatic rings. The maximum atomic E-state index is 13.3. The number of ether oxygens (including phenoxy) is 3. The predicted molar refractivity (Wildman–Crippen MR) is 149 cm³/mol. The molecule has 0 radical (unpaired) electrons. The van der Waals surface area contributed by atoms with E-state index in [2.05, 4.69) is 56.6 Å². The summed E-state index contributed by atoms with van der Waals surface area (Å²) in [5.41, 5.74) is 2.96. The first kappa shape index (κ1) is 24.6. The summed E-state index contributed by atoms with van der Waals surface area (Å²) in [5.74, 6) is 0.167. The van der Waals surface area contributed by atoms with E-state index in [1.54, 1.807) is 12.1 Å². The fourth-order valence-corrected chi connectivity index (χ4v) is 5.97. The third kappa shape index (κ3) is 4.91. The summed E-state index contributed by atoms with van der Waals surface area (Å²) in [4.78, 5) is 39.3. The lowest BCUT2D eigenvalue weighted by Gasteiger charge is -2.26. The molecule has 10 heteroatoms. The molecule has 0 spiro atoms. The van der Waals surface area contributed by atoms with Gasteiger partial charge in [-0.25, -0.2) is 9.69 Å². The van der Waals surface area contributed by atoms with Gasteiger partial charge in [-0.1, -0.05) is 29.8 Å². The Morgan fingerprint density at radius 1 is 1.00 bits per heavy atom. The van der Waals surface area contributed by atoms with Gasteiger partial charge in [0.15, 0.2) is 11.5 Å². The fraction of sp³-hybridized carbons (Fsp3) is 0.115. The lowest BCUT2D eigenvalue weighted by atomic mass is 10.1. The number of nitrogens with one attached hydrogen (secondary N) is 1. The number of urea groups is 1. The van der Waals surface area contributed by atoms with Crippen LogP contribution >= 0.6 is 45.2 Å². The van der Waals surface area contributed by atoms with Gasteiger partial charge in [0.05, 0.1) is 12.8 Å². The number of imide groups is 2. The van der Waals surface area contributed by atoms with E-state index in [4.69, 9.17) is 14.2 Å². The topological polar surface area (TPSA) is 94.2 Å². The van der Waals surface area contributed by atoms with E-state index in [1.807, 2.05) is 37.3 Å². The van der Waals surface area contributed by atoms with Crippen molar-refractivity contribution in [3.63, 3.8) is 0 Å². The van der Waals surface area contributed by atoms with E-state index >= 15 is 0 Å². The van der Waals surface area contributed by atoms with Crippen LogP contribution in [0.15, 0.2) is 60.2 Å². The highest BCUT2D eigenvalue weighted by molar-refractivity contribution is 14.1. The quantitative estimate of drug-likeness (QED) is 0.223. The monoisotopic (exact) mass is 708 g/mol. The summed E-state index contributed by atoms with van der Waals surface area (Å²) in [6.45, 7) is 2.51. The van der Waals surface area contributed by atoms with Crippen molar-refractivity contribution in [1.29, 1.82) is 0 Å². The molecule has 0 bridgehead atoms. The van der Waals surface area contributed by atoms with Crippen LogP contribution in [-0.4, -0.2) is 24.6 Å². The minimum atomic E-state index is -0.829. The van der Waals surface area contributed by atoms with Gasteiger partial charge in [-0.3, -0.25) is 14.9 Å². The number of halogens is 2. The van der Waals surface area contributed by atoms with E-state index in [0.717, 1.165) is 28.9 Å². The molecule has 1 fully saturated rings. The van der Waals surface area contributed by atoms with Crippen molar-refractivity contribution in [3.05, 3.63) is 84.0 Å². The molecule has 8 nitrogen and oxygen atoms in total. The Hall–Kier alpha value is -3.13. The second-order valence-electron chi connectivity index (χ2n) is 8.09. The minimum absolute atomic E-state index is 0.0601. The van der Waals surface area contributed by atoms with Gasteiger partial charge in [-0.05, 0) is 93.6 Å². The van der Waals surface area contributed by atoms with Crippen LogP contribution in [-0.2, 0) is 16.2 Å². The van der Waals surface area contributed by atoms with Crippen LogP contribution in [0.3, 0.4) is 0 Å². The second-order valence-corrected chi connectivity index (χ2v) is 10.4. The number of nitrogens with zero attached hydrogens (tertiary/aromatic N) is 1. The molecule has 0 atom stereocenters. The van der Waals surface area contributed by atoms with E-state index in [1.165, 1.54) is 12.1 Å². The van der Waals surface area contributed by atoms with Crippen LogP contribution in [0.5, 0.6) is 17.2 Å². The number of hydrogen-bond donors (Lipinski definition) is 1. The lowest BCUT2D eigenvalue weighted by Crippen LogP contribution is -2.54. The highest BCUT2D eigenvalue weighted by atomic mass is 127. The summed E-state index contributed by atoms with van der Waals surface area (Å²) in [7, 11) is 0. The molecule has 182 valence electrons. The van der Waals surface area contributed by atoms with Crippen molar-refractivity contribution in [3.8, 4) is 17.2 Å². The molecule has 0 unspecified atom stereocenters. The molecule has 1 saturated heterocycles. The van der Waals surface area contributed by atoms with Crippen LogP contribution < -0.4 is 24.4 Å². The van der Waals surface area contributed by atoms with E-state index in [-0.39, 0.29) is 18.1 Å². The Labute approximate surface area is 233 Å². The maximum absolute atomic E-state index is 13.3. The van der Waals surface area contributed by atoms with Gasteiger partial charge < -0.3 is 14.2 Å². The number of barbiturate groups is 1. The van der Waals surface area contributed by atoms with Crippen molar-refractivity contribution < 1.29 is 28.6 Å². The van der Waals surface area contributed by atoms with Gasteiger partial charge in [0.1, 0.15) is 17.9 Å². The number of hydrogen-bond acceptors (Lipinski definition) is 6. The number of carbonyl (C=O) groups is 3. The van der Waals surface area contributed by atoms with Crippen molar-refractivity contribution in [2.45, 2.75) is 13.5 Å². The summed E-state index contributed by atoms with van der Waals surface area (Å²) in [6, 6.07) is 15.6. The molecule has 4 amide bonds. The molecule has 3 aromatic carbocycles. The molecule has 0 aromatic heterocycles. The van der Waals surface area contributed by atoms with Gasteiger partial charge in [-0.2, -0.15) is 0 Å². The van der Waals surface area contributed by atoms with Gasteiger partial charge in [0, 0.05) is 6.07 Å². The zero-order valence-electron chi connectivity index (χ0n) is 18.8. The maximum Gasteiger partial charge on any atom is 0.335 e. The smallest absolute Gasteiger partial charge is 0.335 e. The molecular formula is C26H18I2N2O6. The average Bonchev–Trinajstić information content (AvgIpc) is 3.29. The Morgan fingerprint density at radius 2 is 1.75 bits per heavy atom. The van der Waals surface area contributed by atoms with Crippen LogP contribution in [0.2, 0.25) is 0 Å². The van der Waals surface area contributed by atoms with Crippen molar-refractivity contribution in [1.82, 2.24) is 5.32 Å². The number of amides is 4. The number of aryl methyl sites for hydroxylation is 1. The molecule has 1 N–H and O–H groups in total. The van der Waals surface area contributed by atoms with Crippen LogP contribution in [0.4, 0.5) is 10.5 Å². The normalized spacial score (nSPS) is 15.9. The first-order valence-electron chi connectivity index (χ1n) is 10.8. The van der Waals surface area contributed by atoms with Crippen molar-refractivity contribution in [2.24, 2.45) is 0 Å². The molecule has 3 aromatic rings. The third-order valence-corrected chi connectivity index (χ3v) is 7.12. The van der Waals surface area contributed by atoms with Crippen LogP contribution in [0.1, 0.15) is 16.7 Å². The Kier molecular flexibility index (Phi) is 6.88. The molecule has 0 aliphatic carbocycles. The molecular weight excluding hydrogens is 690 g/mol. The molecule has 5 rings (SSSR count). The second kappa shape index (κ2) is 10.1. The van der Waals surface area contributed by atoms with Crippen LogP contribution in [0.25, 0.3) is 6.08 Å². The largest absolute Gasteiger partial charge is 0.487 e. The van der Waals surface area contributed by atoms with Gasteiger partial charge in [0.25, 0.3) is 11.8 Å². The van der Waals surface area contributed by atoms with E-state index in [0.29, 0.717) is 23.7 Å². The highest BCUT2D eigenvalue weighted by Gasteiger charge is 2.37. The number of benzene rings is 3. The Morgan fingerprint density at radius 3 is 2.50 bits per heavy atom. The van der Waals surface area contributed by atoms with Gasteiger partial charge >= 0.3 is 6.03 Å². The molecule has 36 heavy (non-hydrogen) atoms. The Bertz CT molecular complexity index is 1430. The molecule has 2 aliphatic heterocycles. The zero-order valence-corrected chi connectivity index (χ0v) is 23.2. The van der Waals surface area contributed by atoms with Crippen molar-refractivity contribution in [2.75, 3.05) is 11.7 Å². The summed E-state index contributed by atoms with van der Waals surface area (Å²) < 4.78 is 18.4. The summed E-state index contributed by atoms with van der Waals surface area (Å²) in [5, 5.41) is 2.24. The first-order valence-corrected chi connectivity index (χ1v) is 12.9. The zero-order chi connectivity index (χ0) is 25.4. The minimum Gasteiger partial charge on any atom is -0.487 e. The third-order valence-electron chi connectivity index (χ3n) is 5.51. The number of rotatable bonds is 5. The molecule has 0 saturated carbocycles.